The van der Waals surface area contributed by atoms with Crippen LogP contribution >= 0.6 is 22.9 Å². The zero-order valence-electron chi connectivity index (χ0n) is 14.3. The van der Waals surface area contributed by atoms with Crippen LogP contribution < -0.4 is 5.32 Å². The van der Waals surface area contributed by atoms with Crippen molar-refractivity contribution in [2.24, 2.45) is 0 Å². The van der Waals surface area contributed by atoms with Crippen LogP contribution in [-0.4, -0.2) is 32.1 Å². The van der Waals surface area contributed by atoms with Crippen LogP contribution in [-0.2, 0) is 14.3 Å². The number of benzene rings is 1. The minimum Gasteiger partial charge on any atom is -0.465 e. The molecule has 8 heteroatoms. The number of amides is 1. The van der Waals surface area contributed by atoms with Crippen LogP contribution in [0.1, 0.15) is 31.2 Å². The molecule has 0 saturated heterocycles. The van der Waals surface area contributed by atoms with Gasteiger partial charge in [0, 0.05) is 11.1 Å². The second-order valence-corrected chi connectivity index (χ2v) is 6.57. The Morgan fingerprint density at radius 3 is 2.27 bits per heavy atom. The van der Waals surface area contributed by atoms with E-state index in [1.165, 1.54) is 20.3 Å². The summed E-state index contributed by atoms with van der Waals surface area (Å²) >= 11 is 6.77. The quantitative estimate of drug-likeness (QED) is 0.614. The third-order valence-corrected chi connectivity index (χ3v) is 4.88. The van der Waals surface area contributed by atoms with Gasteiger partial charge in [0.2, 0.25) is 5.91 Å². The third kappa shape index (κ3) is 4.50. The number of rotatable bonds is 5. The van der Waals surface area contributed by atoms with E-state index in [0.717, 1.165) is 16.9 Å². The Morgan fingerprint density at radius 1 is 1.08 bits per heavy atom. The highest BCUT2D eigenvalue weighted by Gasteiger charge is 2.26. The fourth-order valence-corrected chi connectivity index (χ4v) is 3.38. The van der Waals surface area contributed by atoms with E-state index < -0.39 is 17.8 Å². The molecule has 26 heavy (non-hydrogen) atoms. The average Bonchev–Trinajstić information content (AvgIpc) is 2.96. The Balaban J connectivity index is 2.26. The summed E-state index contributed by atoms with van der Waals surface area (Å²) in [6.45, 7) is 1.59. The second-order valence-electron chi connectivity index (χ2n) is 5.12. The fraction of sp³-hybridized carbons (Fsp3) is 0.167. The van der Waals surface area contributed by atoms with Gasteiger partial charge in [-0.1, -0.05) is 23.7 Å². The van der Waals surface area contributed by atoms with Gasteiger partial charge in [-0.2, -0.15) is 0 Å². The summed E-state index contributed by atoms with van der Waals surface area (Å²) < 4.78 is 9.44. The molecule has 0 fully saturated rings. The van der Waals surface area contributed by atoms with Gasteiger partial charge >= 0.3 is 11.9 Å². The predicted octanol–water partition coefficient (Wildman–Crippen LogP) is 3.94. The van der Waals surface area contributed by atoms with E-state index in [-0.39, 0.29) is 15.4 Å². The number of hydrogen-bond acceptors (Lipinski definition) is 6. The number of carbonyl (C=O) groups excluding carboxylic acids is 3. The zero-order valence-corrected chi connectivity index (χ0v) is 15.9. The maximum atomic E-state index is 12.2. The molecule has 1 amide bonds. The molecule has 1 aromatic carbocycles. The first kappa shape index (κ1) is 19.7. The normalized spacial score (nSPS) is 10.6. The lowest BCUT2D eigenvalue weighted by Crippen LogP contribution is -2.11. The zero-order chi connectivity index (χ0) is 19.3. The summed E-state index contributed by atoms with van der Waals surface area (Å²) in [6.07, 6.45) is 2.92. The van der Waals surface area contributed by atoms with Gasteiger partial charge in [-0.15, -0.1) is 11.3 Å². The maximum absolute atomic E-state index is 12.2. The molecule has 0 spiro atoms. The minimum atomic E-state index is -0.647. The summed E-state index contributed by atoms with van der Waals surface area (Å²) in [5.74, 6) is -1.69. The number of methoxy groups -OCH3 is 2. The van der Waals surface area contributed by atoms with Gasteiger partial charge in [0.25, 0.3) is 0 Å². The number of carbonyl (C=O) groups is 3. The molecule has 0 aliphatic carbocycles. The molecule has 0 aliphatic rings. The SMILES string of the molecule is COC(=O)c1sc(NC(=O)/C=C\c2ccc(Cl)cc2)c(C(=O)OC)c1C. The molecular formula is C18H16ClNO5S. The Hall–Kier alpha value is -2.64. The van der Waals surface area contributed by atoms with Crippen LogP contribution in [0.2, 0.25) is 5.02 Å². The van der Waals surface area contributed by atoms with Crippen molar-refractivity contribution in [2.75, 3.05) is 19.5 Å². The smallest absolute Gasteiger partial charge is 0.348 e. The third-order valence-electron chi connectivity index (χ3n) is 3.44. The van der Waals surface area contributed by atoms with Crippen LogP contribution in [0.3, 0.4) is 0 Å². The molecule has 2 rings (SSSR count). The Labute approximate surface area is 159 Å². The van der Waals surface area contributed by atoms with Crippen molar-refractivity contribution in [2.45, 2.75) is 6.92 Å². The van der Waals surface area contributed by atoms with E-state index in [4.69, 9.17) is 21.1 Å². The lowest BCUT2D eigenvalue weighted by atomic mass is 10.1. The maximum Gasteiger partial charge on any atom is 0.348 e. The molecule has 2 aromatic rings. The average molecular weight is 394 g/mol. The van der Waals surface area contributed by atoms with Gasteiger partial charge in [-0.25, -0.2) is 9.59 Å². The van der Waals surface area contributed by atoms with Crippen LogP contribution in [0.4, 0.5) is 5.00 Å². The molecule has 1 aromatic heterocycles. The number of thiophene rings is 1. The van der Waals surface area contributed by atoms with Crippen molar-refractivity contribution < 1.29 is 23.9 Å². The monoisotopic (exact) mass is 393 g/mol. The van der Waals surface area contributed by atoms with E-state index in [1.807, 2.05) is 0 Å². The van der Waals surface area contributed by atoms with Crippen LogP contribution in [0, 0.1) is 6.92 Å². The van der Waals surface area contributed by atoms with Gasteiger partial charge in [0.05, 0.1) is 19.8 Å². The summed E-state index contributed by atoms with van der Waals surface area (Å²) in [4.78, 5) is 36.3. The van der Waals surface area contributed by atoms with Crippen LogP contribution in [0.25, 0.3) is 6.08 Å². The lowest BCUT2D eigenvalue weighted by molar-refractivity contribution is -0.111. The van der Waals surface area contributed by atoms with Crippen molar-refractivity contribution >= 4 is 51.9 Å². The van der Waals surface area contributed by atoms with Gasteiger partial charge in [-0.3, -0.25) is 4.79 Å². The minimum absolute atomic E-state index is 0.131. The predicted molar refractivity (Wildman–Crippen MR) is 101 cm³/mol. The topological polar surface area (TPSA) is 81.7 Å². The molecule has 1 N–H and O–H groups in total. The van der Waals surface area contributed by atoms with Crippen LogP contribution in [0.15, 0.2) is 30.3 Å². The van der Waals surface area contributed by atoms with Crippen LogP contribution in [0.5, 0.6) is 0 Å². The molecule has 0 bridgehead atoms. The Bertz CT molecular complexity index is 870. The van der Waals surface area contributed by atoms with Gasteiger partial charge in [0.15, 0.2) is 0 Å². The van der Waals surface area contributed by atoms with E-state index in [1.54, 1.807) is 37.3 Å². The highest BCUT2D eigenvalue weighted by Crippen LogP contribution is 2.34. The molecule has 136 valence electrons. The fourth-order valence-electron chi connectivity index (χ4n) is 2.14. The van der Waals surface area contributed by atoms with E-state index in [0.29, 0.717) is 10.6 Å². The summed E-state index contributed by atoms with van der Waals surface area (Å²) in [5, 5.41) is 3.42. The first-order valence-electron chi connectivity index (χ1n) is 7.42. The highest BCUT2D eigenvalue weighted by atomic mass is 35.5. The van der Waals surface area contributed by atoms with Crippen molar-refractivity contribution in [1.82, 2.24) is 0 Å². The molecule has 0 unspecified atom stereocenters. The number of esters is 2. The van der Waals surface area contributed by atoms with Crippen molar-refractivity contribution in [3.05, 3.63) is 56.9 Å². The summed E-state index contributed by atoms with van der Waals surface area (Å²) in [5.41, 5.74) is 1.31. The molecule has 0 saturated carbocycles. The first-order valence-corrected chi connectivity index (χ1v) is 8.61. The Morgan fingerprint density at radius 2 is 1.69 bits per heavy atom. The Kier molecular flexibility index (Phi) is 6.54. The summed E-state index contributed by atoms with van der Waals surface area (Å²) in [6, 6.07) is 6.94. The molecular weight excluding hydrogens is 378 g/mol. The van der Waals surface area contributed by atoms with Gasteiger partial charge in [-0.05, 0) is 36.3 Å². The lowest BCUT2D eigenvalue weighted by Gasteiger charge is -2.04. The van der Waals surface area contributed by atoms with Crippen molar-refractivity contribution in [3.8, 4) is 0 Å². The van der Waals surface area contributed by atoms with E-state index in [9.17, 15) is 14.4 Å². The second kappa shape index (κ2) is 8.64. The van der Waals surface area contributed by atoms with E-state index >= 15 is 0 Å². The van der Waals surface area contributed by atoms with Crippen molar-refractivity contribution in [1.29, 1.82) is 0 Å². The largest absolute Gasteiger partial charge is 0.465 e. The molecule has 0 aliphatic heterocycles. The molecule has 6 nitrogen and oxygen atoms in total. The number of ether oxygens (including phenoxy) is 2. The number of anilines is 1. The number of hydrogen-bond donors (Lipinski definition) is 1. The van der Waals surface area contributed by atoms with Gasteiger partial charge in [0.1, 0.15) is 9.88 Å². The van der Waals surface area contributed by atoms with Gasteiger partial charge < -0.3 is 14.8 Å². The highest BCUT2D eigenvalue weighted by molar-refractivity contribution is 7.18. The first-order chi connectivity index (χ1) is 12.4. The number of halogens is 1. The molecule has 0 atom stereocenters. The van der Waals surface area contributed by atoms with Crippen molar-refractivity contribution in [3.63, 3.8) is 0 Å². The molecule has 1 heterocycles. The summed E-state index contributed by atoms with van der Waals surface area (Å²) in [7, 11) is 2.47. The number of nitrogens with one attached hydrogen (secondary N) is 1. The van der Waals surface area contributed by atoms with E-state index in [2.05, 4.69) is 5.32 Å². The molecule has 0 radical (unpaired) electrons. The standard InChI is InChI=1S/C18H16ClNO5S/c1-10-14(17(22)24-2)16(26-15(10)18(23)25-3)20-13(21)9-6-11-4-7-12(19)8-5-11/h4-9H,1-3H3,(H,20,21)/b9-6-.